The van der Waals surface area contributed by atoms with Gasteiger partial charge in [-0.15, -0.1) is 0 Å². The number of pyridine rings is 1. The fourth-order valence-electron chi connectivity index (χ4n) is 3.57. The number of carbonyl (C=O) groups is 2. The second-order valence-corrected chi connectivity index (χ2v) is 7.89. The summed E-state index contributed by atoms with van der Waals surface area (Å²) in [5, 5.41) is 0. The number of aromatic nitrogens is 1. The molecule has 0 spiro atoms. The van der Waals surface area contributed by atoms with E-state index in [1.54, 1.807) is 19.2 Å². The normalized spacial score (nSPS) is 14.1. The SMILES string of the molecule is CCOC(=O)c1ccc(N2CCN(C(=O)CCc3ccc(C(C)C)cc3)CC2)nc1. The zero-order valence-corrected chi connectivity index (χ0v) is 18.1. The van der Waals surface area contributed by atoms with Gasteiger partial charge in [0.1, 0.15) is 5.82 Å². The van der Waals surface area contributed by atoms with Gasteiger partial charge in [0.25, 0.3) is 0 Å². The van der Waals surface area contributed by atoms with Gasteiger partial charge in [-0.1, -0.05) is 38.1 Å². The van der Waals surface area contributed by atoms with E-state index in [1.165, 1.54) is 11.1 Å². The van der Waals surface area contributed by atoms with E-state index >= 15 is 0 Å². The molecule has 1 fully saturated rings. The minimum Gasteiger partial charge on any atom is -0.462 e. The van der Waals surface area contributed by atoms with Crippen LogP contribution in [0.2, 0.25) is 0 Å². The first-order valence-corrected chi connectivity index (χ1v) is 10.7. The monoisotopic (exact) mass is 409 g/mol. The van der Waals surface area contributed by atoms with Gasteiger partial charge in [-0.2, -0.15) is 0 Å². The van der Waals surface area contributed by atoms with Crippen molar-refractivity contribution in [2.45, 2.75) is 39.5 Å². The summed E-state index contributed by atoms with van der Waals surface area (Å²) in [6.07, 6.45) is 2.86. The molecule has 3 rings (SSSR count). The Morgan fingerprint density at radius 2 is 1.73 bits per heavy atom. The van der Waals surface area contributed by atoms with Gasteiger partial charge < -0.3 is 14.5 Å². The van der Waals surface area contributed by atoms with E-state index in [-0.39, 0.29) is 11.9 Å². The molecule has 0 aliphatic carbocycles. The molecule has 2 heterocycles. The average Bonchev–Trinajstić information content (AvgIpc) is 2.78. The lowest BCUT2D eigenvalue weighted by Gasteiger charge is -2.35. The lowest BCUT2D eigenvalue weighted by Crippen LogP contribution is -2.49. The predicted octanol–water partition coefficient (Wildman–Crippen LogP) is 3.66. The van der Waals surface area contributed by atoms with Crippen LogP contribution in [-0.2, 0) is 16.0 Å². The van der Waals surface area contributed by atoms with Crippen LogP contribution >= 0.6 is 0 Å². The molecule has 6 heteroatoms. The van der Waals surface area contributed by atoms with Crippen molar-refractivity contribution in [3.63, 3.8) is 0 Å². The highest BCUT2D eigenvalue weighted by Crippen LogP contribution is 2.17. The molecule has 1 amide bonds. The zero-order valence-electron chi connectivity index (χ0n) is 18.1. The third kappa shape index (κ3) is 5.59. The number of anilines is 1. The Kier molecular flexibility index (Phi) is 7.44. The van der Waals surface area contributed by atoms with E-state index in [4.69, 9.17) is 4.74 Å². The van der Waals surface area contributed by atoms with E-state index in [1.807, 2.05) is 11.0 Å². The van der Waals surface area contributed by atoms with Crippen molar-refractivity contribution >= 4 is 17.7 Å². The summed E-state index contributed by atoms with van der Waals surface area (Å²) in [4.78, 5) is 32.8. The Morgan fingerprint density at radius 1 is 1.03 bits per heavy atom. The molecule has 1 saturated heterocycles. The van der Waals surface area contributed by atoms with Crippen LogP contribution in [0.25, 0.3) is 0 Å². The third-order valence-electron chi connectivity index (χ3n) is 5.49. The smallest absolute Gasteiger partial charge is 0.339 e. The van der Waals surface area contributed by atoms with E-state index in [0.717, 1.165) is 25.3 Å². The van der Waals surface area contributed by atoms with Crippen LogP contribution in [-0.4, -0.2) is 54.5 Å². The average molecular weight is 410 g/mol. The minimum absolute atomic E-state index is 0.202. The van der Waals surface area contributed by atoms with Gasteiger partial charge in [0.2, 0.25) is 5.91 Å². The van der Waals surface area contributed by atoms with Gasteiger partial charge >= 0.3 is 5.97 Å². The third-order valence-corrected chi connectivity index (χ3v) is 5.49. The number of aryl methyl sites for hydroxylation is 1. The maximum absolute atomic E-state index is 12.6. The van der Waals surface area contributed by atoms with Crippen molar-refractivity contribution in [3.8, 4) is 0 Å². The van der Waals surface area contributed by atoms with E-state index in [9.17, 15) is 9.59 Å². The maximum atomic E-state index is 12.6. The predicted molar refractivity (Wildman–Crippen MR) is 118 cm³/mol. The molecule has 30 heavy (non-hydrogen) atoms. The summed E-state index contributed by atoms with van der Waals surface area (Å²) in [5.74, 6) is 1.19. The van der Waals surface area contributed by atoms with Gasteiger partial charge in [0, 0.05) is 38.8 Å². The number of rotatable bonds is 7. The van der Waals surface area contributed by atoms with Crippen molar-refractivity contribution in [1.82, 2.24) is 9.88 Å². The highest BCUT2D eigenvalue weighted by Gasteiger charge is 2.22. The number of hydrogen-bond donors (Lipinski definition) is 0. The molecule has 6 nitrogen and oxygen atoms in total. The molecule has 1 aliphatic heterocycles. The summed E-state index contributed by atoms with van der Waals surface area (Å²) >= 11 is 0. The van der Waals surface area contributed by atoms with Crippen molar-refractivity contribution in [1.29, 1.82) is 0 Å². The van der Waals surface area contributed by atoms with Gasteiger partial charge in [-0.05, 0) is 42.5 Å². The molecule has 0 radical (unpaired) electrons. The first-order chi connectivity index (χ1) is 14.5. The summed E-state index contributed by atoms with van der Waals surface area (Å²) in [6.45, 7) is 9.34. The molecule has 160 valence electrons. The zero-order chi connectivity index (χ0) is 21.5. The highest BCUT2D eigenvalue weighted by molar-refractivity contribution is 5.89. The Bertz CT molecular complexity index is 839. The number of nitrogens with zero attached hydrogens (tertiary/aromatic N) is 3. The topological polar surface area (TPSA) is 62.7 Å². The summed E-state index contributed by atoms with van der Waals surface area (Å²) < 4.78 is 4.99. The molecule has 0 unspecified atom stereocenters. The van der Waals surface area contributed by atoms with Crippen LogP contribution < -0.4 is 4.90 Å². The fourth-order valence-corrected chi connectivity index (χ4v) is 3.57. The number of ether oxygens (including phenoxy) is 1. The maximum Gasteiger partial charge on any atom is 0.339 e. The second kappa shape index (κ2) is 10.2. The molecule has 0 N–H and O–H groups in total. The van der Waals surface area contributed by atoms with E-state index < -0.39 is 0 Å². The fraction of sp³-hybridized carbons (Fsp3) is 0.458. The minimum atomic E-state index is -0.356. The van der Waals surface area contributed by atoms with Crippen molar-refractivity contribution in [2.24, 2.45) is 0 Å². The number of carbonyl (C=O) groups excluding carboxylic acids is 2. The molecule has 1 aromatic carbocycles. The van der Waals surface area contributed by atoms with Crippen molar-refractivity contribution in [2.75, 3.05) is 37.7 Å². The molecule has 0 bridgehead atoms. The summed E-state index contributed by atoms with van der Waals surface area (Å²) in [6, 6.07) is 12.2. The second-order valence-electron chi connectivity index (χ2n) is 7.89. The van der Waals surface area contributed by atoms with Crippen LogP contribution in [0, 0.1) is 0 Å². The number of hydrogen-bond acceptors (Lipinski definition) is 5. The summed E-state index contributed by atoms with van der Waals surface area (Å²) in [5.41, 5.74) is 2.98. The van der Waals surface area contributed by atoms with Crippen LogP contribution in [0.4, 0.5) is 5.82 Å². The molecule has 1 aromatic heterocycles. The number of esters is 1. The van der Waals surface area contributed by atoms with Gasteiger partial charge in [0.15, 0.2) is 0 Å². The standard InChI is InChI=1S/C24H31N3O3/c1-4-30-24(29)21-10-11-22(25-17-21)26-13-15-27(16-14-26)23(28)12-7-19-5-8-20(9-6-19)18(2)3/h5-6,8-11,17-18H,4,7,12-16H2,1-3H3. The van der Waals surface area contributed by atoms with Crippen LogP contribution in [0.15, 0.2) is 42.6 Å². The Hall–Kier alpha value is -2.89. The quantitative estimate of drug-likeness (QED) is 0.653. The van der Waals surface area contributed by atoms with Crippen molar-refractivity contribution < 1.29 is 14.3 Å². The van der Waals surface area contributed by atoms with Crippen LogP contribution in [0.3, 0.4) is 0 Å². The highest BCUT2D eigenvalue weighted by atomic mass is 16.5. The molecule has 2 aromatic rings. The molecule has 0 atom stereocenters. The first-order valence-electron chi connectivity index (χ1n) is 10.7. The Balaban J connectivity index is 1.46. The molecule has 1 aliphatic rings. The lowest BCUT2D eigenvalue weighted by atomic mass is 10.00. The van der Waals surface area contributed by atoms with Crippen molar-refractivity contribution in [3.05, 3.63) is 59.3 Å². The first kappa shape index (κ1) is 21.8. The van der Waals surface area contributed by atoms with Gasteiger partial charge in [0.05, 0.1) is 12.2 Å². The number of piperazine rings is 1. The van der Waals surface area contributed by atoms with Crippen LogP contribution in [0.5, 0.6) is 0 Å². The number of amides is 1. The largest absolute Gasteiger partial charge is 0.462 e. The lowest BCUT2D eigenvalue weighted by molar-refractivity contribution is -0.131. The number of benzene rings is 1. The molecular weight excluding hydrogens is 378 g/mol. The van der Waals surface area contributed by atoms with Gasteiger partial charge in [-0.3, -0.25) is 4.79 Å². The molecular formula is C24H31N3O3. The summed E-state index contributed by atoms with van der Waals surface area (Å²) in [7, 11) is 0. The van der Waals surface area contributed by atoms with Gasteiger partial charge in [-0.25, -0.2) is 9.78 Å². The van der Waals surface area contributed by atoms with E-state index in [0.29, 0.717) is 37.6 Å². The Labute approximate surface area is 178 Å². The Morgan fingerprint density at radius 3 is 2.30 bits per heavy atom. The van der Waals surface area contributed by atoms with E-state index in [2.05, 4.69) is 48.0 Å². The van der Waals surface area contributed by atoms with Crippen LogP contribution in [0.1, 0.15) is 54.6 Å². The molecule has 0 saturated carbocycles.